The molecule has 4 heteroatoms. The molecular weight excluding hydrogens is 276 g/mol. The SMILES string of the molecule is Cc1nc(C(N)=O)c(O)c2ccc(Cc3ccccc3)cc12. The third kappa shape index (κ3) is 2.51. The summed E-state index contributed by atoms with van der Waals surface area (Å²) in [7, 11) is 0. The van der Waals surface area contributed by atoms with Crippen LogP contribution in [0, 0.1) is 6.92 Å². The number of amides is 1. The third-order valence-corrected chi connectivity index (χ3v) is 3.72. The molecule has 22 heavy (non-hydrogen) atoms. The van der Waals surface area contributed by atoms with Gasteiger partial charge in [0, 0.05) is 16.5 Å². The van der Waals surface area contributed by atoms with Gasteiger partial charge in [-0.25, -0.2) is 4.98 Å². The summed E-state index contributed by atoms with van der Waals surface area (Å²) < 4.78 is 0. The van der Waals surface area contributed by atoms with Crippen LogP contribution in [0.1, 0.15) is 27.3 Å². The van der Waals surface area contributed by atoms with E-state index in [4.69, 9.17) is 5.73 Å². The number of benzene rings is 2. The molecule has 0 saturated carbocycles. The molecule has 0 aliphatic heterocycles. The van der Waals surface area contributed by atoms with Crippen molar-refractivity contribution < 1.29 is 9.90 Å². The van der Waals surface area contributed by atoms with Gasteiger partial charge in [-0.3, -0.25) is 4.79 Å². The number of carbonyl (C=O) groups excluding carboxylic acids is 1. The summed E-state index contributed by atoms with van der Waals surface area (Å²) in [5.41, 5.74) is 8.17. The quantitative estimate of drug-likeness (QED) is 0.779. The Labute approximate surface area is 128 Å². The molecule has 0 radical (unpaired) electrons. The average molecular weight is 292 g/mol. The molecule has 110 valence electrons. The van der Waals surface area contributed by atoms with Crippen LogP contribution < -0.4 is 5.73 Å². The highest BCUT2D eigenvalue weighted by Crippen LogP contribution is 2.30. The van der Waals surface area contributed by atoms with Crippen molar-refractivity contribution in [1.29, 1.82) is 0 Å². The Hall–Kier alpha value is -2.88. The van der Waals surface area contributed by atoms with Gasteiger partial charge in [-0.2, -0.15) is 0 Å². The second kappa shape index (κ2) is 5.48. The molecule has 1 amide bonds. The Bertz CT molecular complexity index is 858. The normalized spacial score (nSPS) is 10.8. The summed E-state index contributed by atoms with van der Waals surface area (Å²) in [6.45, 7) is 1.81. The molecule has 0 spiro atoms. The molecule has 0 unspecified atom stereocenters. The fraction of sp³-hybridized carbons (Fsp3) is 0.111. The number of nitrogens with two attached hydrogens (primary N) is 1. The van der Waals surface area contributed by atoms with E-state index in [1.54, 1.807) is 6.92 Å². The minimum absolute atomic E-state index is 0.0826. The van der Waals surface area contributed by atoms with E-state index in [1.807, 2.05) is 36.4 Å². The van der Waals surface area contributed by atoms with E-state index in [0.29, 0.717) is 11.1 Å². The number of aromatic nitrogens is 1. The van der Waals surface area contributed by atoms with Crippen molar-refractivity contribution in [1.82, 2.24) is 4.98 Å². The monoisotopic (exact) mass is 292 g/mol. The van der Waals surface area contributed by atoms with E-state index in [2.05, 4.69) is 17.1 Å². The summed E-state index contributed by atoms with van der Waals surface area (Å²) in [6, 6.07) is 15.9. The van der Waals surface area contributed by atoms with Gasteiger partial charge in [0.05, 0.1) is 0 Å². The van der Waals surface area contributed by atoms with Crippen LogP contribution in [0.2, 0.25) is 0 Å². The first kappa shape index (κ1) is 14.1. The van der Waals surface area contributed by atoms with Gasteiger partial charge in [0.1, 0.15) is 0 Å². The molecular formula is C18H16N2O2. The van der Waals surface area contributed by atoms with Gasteiger partial charge >= 0.3 is 0 Å². The van der Waals surface area contributed by atoms with E-state index < -0.39 is 5.91 Å². The molecule has 0 fully saturated rings. The van der Waals surface area contributed by atoms with Crippen LogP contribution in [0.3, 0.4) is 0 Å². The van der Waals surface area contributed by atoms with Crippen LogP contribution in [0.25, 0.3) is 10.8 Å². The fourth-order valence-electron chi connectivity index (χ4n) is 2.62. The Morgan fingerprint density at radius 1 is 1.09 bits per heavy atom. The van der Waals surface area contributed by atoms with Gasteiger partial charge in [-0.15, -0.1) is 0 Å². The van der Waals surface area contributed by atoms with Crippen LogP contribution in [0.5, 0.6) is 5.75 Å². The van der Waals surface area contributed by atoms with Crippen LogP contribution in [0.4, 0.5) is 0 Å². The maximum Gasteiger partial charge on any atom is 0.271 e. The minimum Gasteiger partial charge on any atom is -0.505 e. The number of fused-ring (bicyclic) bond motifs is 1. The highest BCUT2D eigenvalue weighted by Gasteiger charge is 2.15. The molecule has 2 aromatic carbocycles. The largest absolute Gasteiger partial charge is 0.505 e. The molecule has 3 N–H and O–H groups in total. The first-order valence-corrected chi connectivity index (χ1v) is 7.02. The molecule has 3 aromatic rings. The first-order chi connectivity index (χ1) is 10.6. The lowest BCUT2D eigenvalue weighted by Gasteiger charge is -2.10. The van der Waals surface area contributed by atoms with Crippen LogP contribution in [-0.4, -0.2) is 16.0 Å². The zero-order valence-electron chi connectivity index (χ0n) is 12.2. The van der Waals surface area contributed by atoms with E-state index in [1.165, 1.54) is 5.56 Å². The van der Waals surface area contributed by atoms with Gasteiger partial charge < -0.3 is 10.8 Å². The Morgan fingerprint density at radius 3 is 2.50 bits per heavy atom. The first-order valence-electron chi connectivity index (χ1n) is 7.02. The Balaban J connectivity index is 2.09. The second-order valence-electron chi connectivity index (χ2n) is 5.30. The molecule has 3 rings (SSSR count). The highest BCUT2D eigenvalue weighted by atomic mass is 16.3. The van der Waals surface area contributed by atoms with Crippen molar-refractivity contribution in [2.24, 2.45) is 5.73 Å². The van der Waals surface area contributed by atoms with Crippen molar-refractivity contribution in [3.05, 3.63) is 71.0 Å². The number of nitrogens with zero attached hydrogens (tertiary/aromatic N) is 1. The zero-order chi connectivity index (χ0) is 15.7. The van der Waals surface area contributed by atoms with E-state index in [9.17, 15) is 9.90 Å². The summed E-state index contributed by atoms with van der Waals surface area (Å²) in [5, 5.41) is 11.6. The second-order valence-corrected chi connectivity index (χ2v) is 5.30. The maximum absolute atomic E-state index is 11.3. The van der Waals surface area contributed by atoms with Gasteiger partial charge in [-0.1, -0.05) is 42.5 Å². The number of primary amides is 1. The van der Waals surface area contributed by atoms with Gasteiger partial charge in [0.25, 0.3) is 5.91 Å². The number of hydrogen-bond donors (Lipinski definition) is 2. The van der Waals surface area contributed by atoms with Gasteiger partial charge in [-0.05, 0) is 30.5 Å². The molecule has 1 heterocycles. The minimum atomic E-state index is -0.726. The number of aromatic hydroxyl groups is 1. The van der Waals surface area contributed by atoms with Crippen molar-refractivity contribution in [2.75, 3.05) is 0 Å². The predicted octanol–water partition coefficient (Wildman–Crippen LogP) is 2.94. The number of hydrogen-bond acceptors (Lipinski definition) is 3. The number of aryl methyl sites for hydroxylation is 1. The third-order valence-electron chi connectivity index (χ3n) is 3.72. The maximum atomic E-state index is 11.3. The summed E-state index contributed by atoms with van der Waals surface area (Å²) in [5.74, 6) is -0.879. The van der Waals surface area contributed by atoms with Crippen molar-refractivity contribution >= 4 is 16.7 Å². The highest BCUT2D eigenvalue weighted by molar-refractivity contribution is 6.01. The van der Waals surface area contributed by atoms with E-state index in [-0.39, 0.29) is 11.4 Å². The number of rotatable bonds is 3. The number of pyridine rings is 1. The Morgan fingerprint density at radius 2 is 1.82 bits per heavy atom. The van der Waals surface area contributed by atoms with Crippen molar-refractivity contribution in [3.8, 4) is 5.75 Å². The van der Waals surface area contributed by atoms with Crippen LogP contribution in [-0.2, 0) is 6.42 Å². The van der Waals surface area contributed by atoms with Gasteiger partial charge in [0.2, 0.25) is 0 Å². The summed E-state index contributed by atoms with van der Waals surface area (Å²) in [4.78, 5) is 15.4. The van der Waals surface area contributed by atoms with E-state index in [0.717, 1.165) is 17.4 Å². The predicted molar refractivity (Wildman–Crippen MR) is 85.9 cm³/mol. The molecule has 0 aliphatic carbocycles. The molecule has 0 bridgehead atoms. The molecule has 1 aromatic heterocycles. The van der Waals surface area contributed by atoms with Crippen molar-refractivity contribution in [2.45, 2.75) is 13.3 Å². The smallest absolute Gasteiger partial charge is 0.271 e. The molecule has 0 saturated heterocycles. The lowest BCUT2D eigenvalue weighted by Crippen LogP contribution is -2.14. The molecule has 0 atom stereocenters. The lowest BCUT2D eigenvalue weighted by molar-refractivity contribution is 0.0993. The number of carbonyl (C=O) groups is 1. The van der Waals surface area contributed by atoms with E-state index >= 15 is 0 Å². The van der Waals surface area contributed by atoms with Crippen molar-refractivity contribution in [3.63, 3.8) is 0 Å². The van der Waals surface area contributed by atoms with Crippen LogP contribution in [0.15, 0.2) is 48.5 Å². The standard InChI is InChI=1S/C18H16N2O2/c1-11-15-10-13(9-12-5-3-2-4-6-12)7-8-14(15)17(21)16(20-11)18(19)22/h2-8,10,21H,9H2,1H3,(H2,19,22). The van der Waals surface area contributed by atoms with Crippen LogP contribution >= 0.6 is 0 Å². The molecule has 4 nitrogen and oxygen atoms in total. The zero-order valence-corrected chi connectivity index (χ0v) is 12.2. The fourth-order valence-corrected chi connectivity index (χ4v) is 2.62. The Kier molecular flexibility index (Phi) is 3.51. The topological polar surface area (TPSA) is 76.2 Å². The molecule has 0 aliphatic rings. The average Bonchev–Trinajstić information content (AvgIpc) is 2.51. The summed E-state index contributed by atoms with van der Waals surface area (Å²) in [6.07, 6.45) is 0.800. The lowest BCUT2D eigenvalue weighted by atomic mass is 10.00. The van der Waals surface area contributed by atoms with Gasteiger partial charge in [0.15, 0.2) is 11.4 Å². The summed E-state index contributed by atoms with van der Waals surface area (Å²) >= 11 is 0.